The largest absolute Gasteiger partial charge is 0.345 e. The fourth-order valence-corrected chi connectivity index (χ4v) is 2.76. The third-order valence-electron chi connectivity index (χ3n) is 4.32. The van der Waals surface area contributed by atoms with Gasteiger partial charge in [-0.25, -0.2) is 0 Å². The van der Waals surface area contributed by atoms with Gasteiger partial charge in [-0.2, -0.15) is 10.4 Å². The summed E-state index contributed by atoms with van der Waals surface area (Å²) in [6.07, 6.45) is 3.17. The number of amides is 1. The van der Waals surface area contributed by atoms with E-state index in [0.29, 0.717) is 5.56 Å². The number of aromatic nitrogens is 2. The number of aryl methyl sites for hydroxylation is 1. The van der Waals surface area contributed by atoms with E-state index in [1.54, 1.807) is 12.3 Å². The Kier molecular flexibility index (Phi) is 5.48. The van der Waals surface area contributed by atoms with Crippen LogP contribution in [0, 0.1) is 18.3 Å². The summed E-state index contributed by atoms with van der Waals surface area (Å²) in [4.78, 5) is 12.6. The number of hydrogen-bond donors (Lipinski definition) is 2. The Hall–Kier alpha value is -3.65. The maximum Gasteiger partial charge on any atom is 0.262 e. The van der Waals surface area contributed by atoms with Gasteiger partial charge in [-0.05, 0) is 25.5 Å². The maximum atomic E-state index is 12.6. The molecule has 0 aliphatic rings. The molecule has 0 fully saturated rings. The minimum absolute atomic E-state index is 0.0348. The summed E-state index contributed by atoms with van der Waals surface area (Å²) in [5, 5.41) is 19.3. The molecule has 5 nitrogen and oxygen atoms in total. The summed E-state index contributed by atoms with van der Waals surface area (Å²) in [6.45, 7) is 3.91. The van der Waals surface area contributed by atoms with Crippen LogP contribution in [0.15, 0.2) is 66.4 Å². The van der Waals surface area contributed by atoms with Crippen molar-refractivity contribution in [1.29, 1.82) is 5.26 Å². The molecule has 0 radical (unpaired) electrons. The average molecular weight is 356 g/mol. The molecule has 2 aromatic carbocycles. The second-order valence-electron chi connectivity index (χ2n) is 6.34. The van der Waals surface area contributed by atoms with Crippen LogP contribution >= 0.6 is 0 Å². The Labute approximate surface area is 158 Å². The van der Waals surface area contributed by atoms with Crippen LogP contribution in [0.1, 0.15) is 29.7 Å². The molecular weight excluding hydrogens is 336 g/mol. The smallest absolute Gasteiger partial charge is 0.262 e. The number of nitriles is 1. The molecule has 0 saturated carbocycles. The van der Waals surface area contributed by atoms with Crippen molar-refractivity contribution >= 4 is 12.0 Å². The van der Waals surface area contributed by atoms with Crippen LogP contribution in [0.3, 0.4) is 0 Å². The Balaban J connectivity index is 1.81. The first-order valence-electron chi connectivity index (χ1n) is 8.66. The summed E-state index contributed by atoms with van der Waals surface area (Å²) in [7, 11) is 0. The van der Waals surface area contributed by atoms with Crippen molar-refractivity contribution in [2.75, 3.05) is 0 Å². The molecule has 1 aromatic heterocycles. The van der Waals surface area contributed by atoms with E-state index in [0.717, 1.165) is 22.4 Å². The van der Waals surface area contributed by atoms with Gasteiger partial charge >= 0.3 is 0 Å². The van der Waals surface area contributed by atoms with Crippen LogP contribution in [-0.4, -0.2) is 16.1 Å². The van der Waals surface area contributed by atoms with Crippen LogP contribution in [0.5, 0.6) is 0 Å². The third-order valence-corrected chi connectivity index (χ3v) is 4.32. The average Bonchev–Trinajstić information content (AvgIpc) is 3.15. The van der Waals surface area contributed by atoms with Crippen molar-refractivity contribution in [2.24, 2.45) is 0 Å². The second kappa shape index (κ2) is 8.15. The molecule has 0 saturated heterocycles. The monoisotopic (exact) mass is 356 g/mol. The molecule has 1 atom stereocenters. The maximum absolute atomic E-state index is 12.6. The van der Waals surface area contributed by atoms with E-state index >= 15 is 0 Å². The van der Waals surface area contributed by atoms with Gasteiger partial charge in [0.1, 0.15) is 11.6 Å². The minimum atomic E-state index is -0.411. The van der Waals surface area contributed by atoms with Gasteiger partial charge in [0.05, 0.1) is 17.9 Å². The second-order valence-corrected chi connectivity index (χ2v) is 6.34. The summed E-state index contributed by atoms with van der Waals surface area (Å²) < 4.78 is 0. The number of benzene rings is 2. The summed E-state index contributed by atoms with van der Waals surface area (Å²) >= 11 is 0. The fraction of sp³-hybridized carbons (Fsp3) is 0.136. The zero-order valence-electron chi connectivity index (χ0n) is 15.2. The van der Waals surface area contributed by atoms with Crippen molar-refractivity contribution in [3.63, 3.8) is 0 Å². The molecule has 3 aromatic rings. The normalized spacial score (nSPS) is 12.3. The Morgan fingerprint density at radius 2 is 1.89 bits per heavy atom. The molecule has 2 N–H and O–H groups in total. The predicted molar refractivity (Wildman–Crippen MR) is 105 cm³/mol. The summed E-state index contributed by atoms with van der Waals surface area (Å²) in [5.74, 6) is -0.411. The number of rotatable bonds is 5. The number of nitrogens with zero attached hydrogens (tertiary/aromatic N) is 2. The molecule has 0 bridgehead atoms. The first-order valence-corrected chi connectivity index (χ1v) is 8.66. The fourth-order valence-electron chi connectivity index (χ4n) is 2.76. The van der Waals surface area contributed by atoms with Gasteiger partial charge < -0.3 is 5.32 Å². The summed E-state index contributed by atoms with van der Waals surface area (Å²) in [6, 6.07) is 19.4. The Bertz CT molecular complexity index is 995. The first kappa shape index (κ1) is 18.2. The molecule has 134 valence electrons. The van der Waals surface area contributed by atoms with Gasteiger partial charge in [0.2, 0.25) is 0 Å². The van der Waals surface area contributed by atoms with Gasteiger partial charge in [-0.3, -0.25) is 9.89 Å². The number of H-pyrrole nitrogens is 1. The number of nitrogens with one attached hydrogen (secondary N) is 2. The standard InChI is InChI=1S/C22H20N4O/c1-15-8-10-17(11-9-15)16(2)25-22(27)19(13-23)12-20-14-24-26-21(20)18-6-4-3-5-7-18/h3-12,14,16H,1-2H3,(H,24,26)(H,25,27). The van der Waals surface area contributed by atoms with E-state index in [2.05, 4.69) is 15.5 Å². The third kappa shape index (κ3) is 4.31. The quantitative estimate of drug-likeness (QED) is 0.532. The lowest BCUT2D eigenvalue weighted by Crippen LogP contribution is -2.27. The van der Waals surface area contributed by atoms with Gasteiger partial charge in [-0.15, -0.1) is 0 Å². The lowest BCUT2D eigenvalue weighted by Gasteiger charge is -2.14. The molecule has 1 heterocycles. The Morgan fingerprint density at radius 3 is 2.56 bits per heavy atom. The lowest BCUT2D eigenvalue weighted by atomic mass is 10.0. The minimum Gasteiger partial charge on any atom is -0.345 e. The van der Waals surface area contributed by atoms with E-state index in [4.69, 9.17) is 0 Å². The number of hydrogen-bond acceptors (Lipinski definition) is 3. The van der Waals surface area contributed by atoms with Crippen molar-refractivity contribution in [2.45, 2.75) is 19.9 Å². The predicted octanol–water partition coefficient (Wildman–Crippen LogP) is 4.17. The molecule has 1 unspecified atom stereocenters. The molecule has 0 spiro atoms. The zero-order valence-corrected chi connectivity index (χ0v) is 15.2. The van der Waals surface area contributed by atoms with Crippen molar-refractivity contribution in [3.8, 4) is 17.3 Å². The molecule has 27 heavy (non-hydrogen) atoms. The number of aromatic amines is 1. The van der Waals surface area contributed by atoms with Crippen molar-refractivity contribution < 1.29 is 4.79 Å². The van der Waals surface area contributed by atoms with E-state index < -0.39 is 5.91 Å². The van der Waals surface area contributed by atoms with Gasteiger partial charge in [-0.1, -0.05) is 60.2 Å². The highest BCUT2D eigenvalue weighted by atomic mass is 16.1. The zero-order chi connectivity index (χ0) is 19.2. The molecule has 0 aliphatic carbocycles. The van der Waals surface area contributed by atoms with Crippen LogP contribution in [0.2, 0.25) is 0 Å². The van der Waals surface area contributed by atoms with E-state index in [1.165, 1.54) is 0 Å². The number of carbonyl (C=O) groups excluding carboxylic acids is 1. The highest BCUT2D eigenvalue weighted by Gasteiger charge is 2.15. The molecule has 1 amide bonds. The van der Waals surface area contributed by atoms with E-state index in [-0.39, 0.29) is 11.6 Å². The SMILES string of the molecule is Cc1ccc(C(C)NC(=O)C(C#N)=Cc2cn[nH]c2-c2ccccc2)cc1. The topological polar surface area (TPSA) is 81.6 Å². The molecule has 5 heteroatoms. The van der Waals surface area contributed by atoms with Gasteiger partial charge in [0.25, 0.3) is 5.91 Å². The number of carbonyl (C=O) groups is 1. The lowest BCUT2D eigenvalue weighted by molar-refractivity contribution is -0.117. The van der Waals surface area contributed by atoms with Crippen LogP contribution in [0.25, 0.3) is 17.3 Å². The molecule has 0 aliphatic heterocycles. The van der Waals surface area contributed by atoms with Crippen LogP contribution < -0.4 is 5.32 Å². The first-order chi connectivity index (χ1) is 13.1. The van der Waals surface area contributed by atoms with Gasteiger partial charge in [0.15, 0.2) is 0 Å². The summed E-state index contributed by atoms with van der Waals surface area (Å²) in [5.41, 5.74) is 4.57. The van der Waals surface area contributed by atoms with E-state index in [1.807, 2.05) is 74.5 Å². The molecular formula is C22H20N4O. The molecule has 3 rings (SSSR count). The highest BCUT2D eigenvalue weighted by Crippen LogP contribution is 2.23. The van der Waals surface area contributed by atoms with E-state index in [9.17, 15) is 10.1 Å². The Morgan fingerprint density at radius 1 is 1.19 bits per heavy atom. The van der Waals surface area contributed by atoms with Gasteiger partial charge in [0, 0.05) is 11.1 Å². The van der Waals surface area contributed by atoms with Crippen LogP contribution in [-0.2, 0) is 4.79 Å². The van der Waals surface area contributed by atoms with Crippen molar-refractivity contribution in [3.05, 3.63) is 83.1 Å². The van der Waals surface area contributed by atoms with Crippen LogP contribution in [0.4, 0.5) is 0 Å². The van der Waals surface area contributed by atoms with Crippen molar-refractivity contribution in [1.82, 2.24) is 15.5 Å². The highest BCUT2D eigenvalue weighted by molar-refractivity contribution is 6.02.